The van der Waals surface area contributed by atoms with Crippen molar-refractivity contribution in [1.82, 2.24) is 14.5 Å². The highest BCUT2D eigenvalue weighted by Gasteiger charge is 2.18. The maximum Gasteiger partial charge on any atom is 0.244 e. The van der Waals surface area contributed by atoms with Gasteiger partial charge in [-0.2, -0.15) is 5.10 Å². The molecule has 1 N–H and O–H groups in total. The minimum Gasteiger partial charge on any atom is -0.292 e. The molecule has 0 bridgehead atoms. The second-order valence-corrected chi connectivity index (χ2v) is 7.40. The van der Waals surface area contributed by atoms with Crippen LogP contribution in [0.1, 0.15) is 9.67 Å². The van der Waals surface area contributed by atoms with E-state index in [-0.39, 0.29) is 17.2 Å². The van der Waals surface area contributed by atoms with E-state index >= 15 is 0 Å². The average Bonchev–Trinajstić information content (AvgIpc) is 3.25. The predicted molar refractivity (Wildman–Crippen MR) is 87.4 cm³/mol. The van der Waals surface area contributed by atoms with Crippen LogP contribution in [-0.2, 0) is 10.0 Å². The number of nitrogens with zero attached hydrogens (tertiary/aromatic N) is 2. The van der Waals surface area contributed by atoms with Crippen molar-refractivity contribution in [2.45, 2.75) is 4.90 Å². The summed E-state index contributed by atoms with van der Waals surface area (Å²) < 4.78 is 28.2. The predicted octanol–water partition coefficient (Wildman–Crippen LogP) is 2.09. The maximum atomic E-state index is 12.2. The summed E-state index contributed by atoms with van der Waals surface area (Å²) >= 11 is 1.28. The smallest absolute Gasteiger partial charge is 0.244 e. The lowest BCUT2D eigenvalue weighted by Gasteiger charge is -2.03. The summed E-state index contributed by atoms with van der Waals surface area (Å²) in [7, 11) is -3.78. The summed E-state index contributed by atoms with van der Waals surface area (Å²) in [6, 6.07) is 12.6. The van der Waals surface area contributed by atoms with E-state index in [0.29, 0.717) is 4.88 Å². The first-order valence-electron chi connectivity index (χ1n) is 6.73. The molecule has 23 heavy (non-hydrogen) atoms. The zero-order chi connectivity index (χ0) is 16.3. The number of nitrogens with one attached hydrogen (secondary N) is 1. The van der Waals surface area contributed by atoms with Crippen molar-refractivity contribution in [2.24, 2.45) is 0 Å². The molecule has 0 aliphatic carbocycles. The fourth-order valence-corrected chi connectivity index (χ4v) is 3.51. The molecule has 118 valence electrons. The first-order chi connectivity index (χ1) is 11.1. The molecule has 2 heterocycles. The average molecular weight is 347 g/mol. The number of carbonyl (C=O) groups is 1. The Morgan fingerprint density at radius 1 is 1.17 bits per heavy atom. The molecular weight excluding hydrogens is 334 g/mol. The SMILES string of the molecule is O=C(CNS(=O)(=O)c1cnn(-c2ccccc2)c1)c1cccs1. The molecule has 0 fully saturated rings. The normalized spacial score (nSPS) is 11.5. The Morgan fingerprint density at radius 2 is 1.96 bits per heavy atom. The van der Waals surface area contributed by atoms with Gasteiger partial charge in [0, 0.05) is 0 Å². The summed E-state index contributed by atoms with van der Waals surface area (Å²) in [5, 5.41) is 5.81. The first kappa shape index (κ1) is 15.6. The summed E-state index contributed by atoms with van der Waals surface area (Å²) in [6.07, 6.45) is 2.66. The third-order valence-electron chi connectivity index (χ3n) is 3.11. The Kier molecular flexibility index (Phi) is 4.37. The highest BCUT2D eigenvalue weighted by Crippen LogP contribution is 2.13. The number of carbonyl (C=O) groups excluding carboxylic acids is 1. The third-order valence-corrected chi connectivity index (χ3v) is 5.38. The first-order valence-corrected chi connectivity index (χ1v) is 9.09. The van der Waals surface area contributed by atoms with E-state index in [4.69, 9.17) is 0 Å². The van der Waals surface area contributed by atoms with Crippen LogP contribution in [0.5, 0.6) is 0 Å². The molecule has 3 rings (SSSR count). The van der Waals surface area contributed by atoms with Gasteiger partial charge in [0.1, 0.15) is 4.90 Å². The number of hydrogen-bond donors (Lipinski definition) is 1. The molecule has 1 aromatic carbocycles. The lowest BCUT2D eigenvalue weighted by molar-refractivity contribution is 0.100. The second kappa shape index (κ2) is 6.45. The number of aromatic nitrogens is 2. The van der Waals surface area contributed by atoms with Crippen molar-refractivity contribution in [3.63, 3.8) is 0 Å². The molecule has 0 saturated carbocycles. The van der Waals surface area contributed by atoms with Gasteiger partial charge in [0.15, 0.2) is 5.78 Å². The monoisotopic (exact) mass is 347 g/mol. The lowest BCUT2D eigenvalue weighted by atomic mass is 10.3. The van der Waals surface area contributed by atoms with Crippen molar-refractivity contribution in [3.05, 3.63) is 65.1 Å². The van der Waals surface area contributed by atoms with Gasteiger partial charge in [-0.3, -0.25) is 4.79 Å². The highest BCUT2D eigenvalue weighted by molar-refractivity contribution is 7.89. The number of rotatable bonds is 6. The molecule has 0 aliphatic heterocycles. The van der Waals surface area contributed by atoms with Gasteiger partial charge in [0.2, 0.25) is 10.0 Å². The molecule has 0 unspecified atom stereocenters. The van der Waals surface area contributed by atoms with Crippen molar-refractivity contribution in [3.8, 4) is 5.69 Å². The molecule has 0 radical (unpaired) electrons. The number of sulfonamides is 1. The standard InChI is InChI=1S/C15H13N3O3S2/c19-14(15-7-4-8-22-15)10-17-23(20,21)13-9-16-18(11-13)12-5-2-1-3-6-12/h1-9,11,17H,10H2. The highest BCUT2D eigenvalue weighted by atomic mass is 32.2. The van der Waals surface area contributed by atoms with Crippen LogP contribution >= 0.6 is 11.3 Å². The van der Waals surface area contributed by atoms with Crippen LogP contribution in [-0.4, -0.2) is 30.5 Å². The second-order valence-electron chi connectivity index (χ2n) is 4.68. The summed E-state index contributed by atoms with van der Waals surface area (Å²) in [6.45, 7) is -0.278. The van der Waals surface area contributed by atoms with Crippen LogP contribution in [0, 0.1) is 0 Å². The van der Waals surface area contributed by atoms with Crippen LogP contribution in [0.3, 0.4) is 0 Å². The molecular formula is C15H13N3O3S2. The Labute approximate surface area is 137 Å². The number of thiophene rings is 1. The molecule has 0 amide bonds. The Morgan fingerprint density at radius 3 is 2.65 bits per heavy atom. The molecule has 0 saturated heterocycles. The van der Waals surface area contributed by atoms with Gasteiger partial charge in [0.25, 0.3) is 0 Å². The number of para-hydroxylation sites is 1. The van der Waals surface area contributed by atoms with Crippen LogP contribution in [0.25, 0.3) is 5.69 Å². The lowest BCUT2D eigenvalue weighted by Crippen LogP contribution is -2.29. The quantitative estimate of drug-likeness (QED) is 0.692. The molecule has 8 heteroatoms. The van der Waals surface area contributed by atoms with Crippen LogP contribution < -0.4 is 4.72 Å². The van der Waals surface area contributed by atoms with Gasteiger partial charge < -0.3 is 0 Å². The Balaban J connectivity index is 1.73. The summed E-state index contributed by atoms with van der Waals surface area (Å²) in [5.74, 6) is -0.265. The molecule has 2 aromatic heterocycles. The van der Waals surface area contributed by atoms with Crippen molar-refractivity contribution in [2.75, 3.05) is 6.54 Å². The Bertz CT molecular complexity index is 901. The van der Waals surface area contributed by atoms with E-state index in [0.717, 1.165) is 5.69 Å². The molecule has 6 nitrogen and oxygen atoms in total. The minimum absolute atomic E-state index is 0.0142. The van der Waals surface area contributed by atoms with Gasteiger partial charge in [0.05, 0.1) is 29.5 Å². The van der Waals surface area contributed by atoms with Gasteiger partial charge in [-0.15, -0.1) is 11.3 Å². The van der Waals surface area contributed by atoms with E-state index in [1.807, 2.05) is 30.3 Å². The van der Waals surface area contributed by atoms with E-state index in [9.17, 15) is 13.2 Å². The third kappa shape index (κ3) is 3.55. The zero-order valence-corrected chi connectivity index (χ0v) is 13.5. The van der Waals surface area contributed by atoms with E-state index in [1.165, 1.54) is 28.4 Å². The van der Waals surface area contributed by atoms with Gasteiger partial charge in [-0.1, -0.05) is 24.3 Å². The fourth-order valence-electron chi connectivity index (χ4n) is 1.94. The molecule has 3 aromatic rings. The van der Waals surface area contributed by atoms with Gasteiger partial charge in [-0.05, 0) is 23.6 Å². The maximum absolute atomic E-state index is 12.2. The molecule has 0 aliphatic rings. The number of Topliss-reactive ketones (excluding diaryl/α,β-unsaturated/α-hetero) is 1. The summed E-state index contributed by atoms with van der Waals surface area (Å²) in [5.41, 5.74) is 0.753. The van der Waals surface area contributed by atoms with Crippen molar-refractivity contribution < 1.29 is 13.2 Å². The topological polar surface area (TPSA) is 81.1 Å². The van der Waals surface area contributed by atoms with Crippen molar-refractivity contribution >= 4 is 27.1 Å². The number of benzene rings is 1. The fraction of sp³-hybridized carbons (Fsp3) is 0.0667. The molecule has 0 atom stereocenters. The molecule has 0 spiro atoms. The van der Waals surface area contributed by atoms with E-state index in [1.54, 1.807) is 17.5 Å². The van der Waals surface area contributed by atoms with Gasteiger partial charge in [-0.25, -0.2) is 17.8 Å². The van der Waals surface area contributed by atoms with E-state index in [2.05, 4.69) is 9.82 Å². The van der Waals surface area contributed by atoms with Crippen molar-refractivity contribution in [1.29, 1.82) is 0 Å². The Hall–Kier alpha value is -2.29. The summed E-state index contributed by atoms with van der Waals surface area (Å²) in [4.78, 5) is 12.4. The number of ketones is 1. The van der Waals surface area contributed by atoms with Crippen LogP contribution in [0.4, 0.5) is 0 Å². The van der Waals surface area contributed by atoms with Gasteiger partial charge >= 0.3 is 0 Å². The largest absolute Gasteiger partial charge is 0.292 e. The zero-order valence-electron chi connectivity index (χ0n) is 11.9. The minimum atomic E-state index is -3.78. The van der Waals surface area contributed by atoms with E-state index < -0.39 is 10.0 Å². The van der Waals surface area contributed by atoms with Crippen LogP contribution in [0.2, 0.25) is 0 Å². The van der Waals surface area contributed by atoms with Crippen LogP contribution in [0.15, 0.2) is 65.1 Å². The number of hydrogen-bond acceptors (Lipinski definition) is 5.